The molecule has 2 aromatic rings. The van der Waals surface area contributed by atoms with E-state index in [2.05, 4.69) is 27.4 Å². The molecule has 31 heavy (non-hydrogen) atoms. The number of aryl methyl sites for hydroxylation is 1. The molecular weight excluding hydrogens is 437 g/mol. The summed E-state index contributed by atoms with van der Waals surface area (Å²) in [5, 5.41) is 7.23. The lowest BCUT2D eigenvalue weighted by atomic mass is 10.1. The van der Waals surface area contributed by atoms with Gasteiger partial charge >= 0.3 is 0 Å². The third kappa shape index (κ3) is 4.86. The molecule has 0 saturated carbocycles. The van der Waals surface area contributed by atoms with Crippen molar-refractivity contribution in [3.63, 3.8) is 0 Å². The zero-order valence-electron chi connectivity index (χ0n) is 17.9. The van der Waals surface area contributed by atoms with Gasteiger partial charge in [0, 0.05) is 23.0 Å². The fourth-order valence-corrected chi connectivity index (χ4v) is 5.26. The van der Waals surface area contributed by atoms with Gasteiger partial charge in [-0.05, 0) is 56.5 Å². The van der Waals surface area contributed by atoms with Crippen molar-refractivity contribution in [3.05, 3.63) is 45.4 Å². The quantitative estimate of drug-likeness (QED) is 0.571. The maximum Gasteiger partial charge on any atom is 0.185 e. The highest BCUT2D eigenvalue weighted by atomic mass is 35.5. The van der Waals surface area contributed by atoms with Crippen LogP contribution >= 0.6 is 22.9 Å². The molecule has 0 spiro atoms. The van der Waals surface area contributed by atoms with Crippen LogP contribution in [0.4, 0.5) is 9.52 Å². The van der Waals surface area contributed by atoms with Gasteiger partial charge in [0.15, 0.2) is 17.1 Å². The van der Waals surface area contributed by atoms with E-state index in [0.717, 1.165) is 41.2 Å². The summed E-state index contributed by atoms with van der Waals surface area (Å²) in [6, 6.07) is 5.70. The minimum absolute atomic E-state index is 0.239. The molecule has 2 atom stereocenters. The predicted molar refractivity (Wildman–Crippen MR) is 125 cm³/mol. The third-order valence-electron chi connectivity index (χ3n) is 5.73. The van der Waals surface area contributed by atoms with Gasteiger partial charge in [0.2, 0.25) is 0 Å². The molecule has 3 heterocycles. The molecule has 2 aliphatic rings. The Morgan fingerprint density at radius 1 is 1.39 bits per heavy atom. The maximum atomic E-state index is 14.3. The lowest BCUT2D eigenvalue weighted by Gasteiger charge is -2.21. The summed E-state index contributed by atoms with van der Waals surface area (Å²) in [6.45, 7) is 6.13. The summed E-state index contributed by atoms with van der Waals surface area (Å²) >= 11 is 7.77. The van der Waals surface area contributed by atoms with Gasteiger partial charge in [0.25, 0.3) is 0 Å². The van der Waals surface area contributed by atoms with E-state index in [1.54, 1.807) is 30.6 Å². The van der Waals surface area contributed by atoms with Crippen molar-refractivity contribution in [2.75, 3.05) is 19.0 Å². The highest BCUT2D eigenvalue weighted by Crippen LogP contribution is 2.35. The topological polar surface area (TPSA) is 61.8 Å². The lowest BCUT2D eigenvalue weighted by Crippen LogP contribution is -2.29. The second-order valence-electron chi connectivity index (χ2n) is 7.81. The Balaban J connectivity index is 1.69. The first-order valence-electron chi connectivity index (χ1n) is 10.5. The van der Waals surface area contributed by atoms with Gasteiger partial charge in [-0.3, -0.25) is 4.90 Å². The van der Waals surface area contributed by atoms with Gasteiger partial charge in [-0.2, -0.15) is 0 Å². The second kappa shape index (κ2) is 9.54. The first kappa shape index (κ1) is 22.0. The van der Waals surface area contributed by atoms with Crippen molar-refractivity contribution in [2.45, 2.75) is 51.9 Å². The van der Waals surface area contributed by atoms with Crippen molar-refractivity contribution in [3.8, 4) is 11.3 Å². The highest BCUT2D eigenvalue weighted by molar-refractivity contribution is 7.16. The van der Waals surface area contributed by atoms with Crippen molar-refractivity contribution in [2.24, 2.45) is 4.99 Å². The molecule has 0 bridgehead atoms. The number of nitrogens with one attached hydrogen (secondary N) is 2. The monoisotopic (exact) mass is 463 g/mol. The summed E-state index contributed by atoms with van der Waals surface area (Å²) in [5.74, 6) is 0.256. The number of rotatable bonds is 7. The minimum Gasteiger partial charge on any atom is -0.494 e. The molecule has 0 radical (unpaired) electrons. The number of nitrogens with zero attached hydrogens (tertiary/aromatic N) is 3. The number of methoxy groups -OCH3 is 1. The summed E-state index contributed by atoms with van der Waals surface area (Å²) in [5.41, 5.74) is 2.57. The van der Waals surface area contributed by atoms with Gasteiger partial charge in [-0.15, -0.1) is 11.3 Å². The minimum atomic E-state index is -0.477. The van der Waals surface area contributed by atoms with Crippen molar-refractivity contribution in [1.29, 1.82) is 0 Å². The SMILES string of the molecule is CCc1cc(F)cc(-c2nc(NC3N=CNC(Cl)=C3OC)sc2CN2CCC[C@H]2C)c1. The zero-order valence-corrected chi connectivity index (χ0v) is 19.5. The smallest absolute Gasteiger partial charge is 0.185 e. The van der Waals surface area contributed by atoms with Crippen LogP contribution in [0.2, 0.25) is 0 Å². The number of halogens is 2. The summed E-state index contributed by atoms with van der Waals surface area (Å²) < 4.78 is 19.7. The maximum absolute atomic E-state index is 14.3. The molecular formula is C22H27ClFN5OS. The fraction of sp³-hybridized carbons (Fsp3) is 0.455. The largest absolute Gasteiger partial charge is 0.494 e. The van der Waals surface area contributed by atoms with E-state index in [1.165, 1.54) is 19.2 Å². The van der Waals surface area contributed by atoms with E-state index in [1.807, 2.05) is 13.0 Å². The first-order chi connectivity index (χ1) is 15.0. The van der Waals surface area contributed by atoms with E-state index >= 15 is 0 Å². The first-order valence-corrected chi connectivity index (χ1v) is 11.7. The van der Waals surface area contributed by atoms with Gasteiger partial charge in [-0.25, -0.2) is 14.4 Å². The van der Waals surface area contributed by atoms with Crippen LogP contribution in [-0.2, 0) is 17.7 Å². The van der Waals surface area contributed by atoms with Gasteiger partial charge < -0.3 is 15.4 Å². The predicted octanol–water partition coefficient (Wildman–Crippen LogP) is 4.92. The average molecular weight is 464 g/mol. The molecule has 9 heteroatoms. The van der Waals surface area contributed by atoms with E-state index in [9.17, 15) is 4.39 Å². The number of likely N-dealkylation sites (tertiary alicyclic amines) is 1. The van der Waals surface area contributed by atoms with E-state index in [-0.39, 0.29) is 5.82 Å². The molecule has 1 saturated heterocycles. The Hall–Kier alpha value is -2.16. The molecule has 6 nitrogen and oxygen atoms in total. The highest BCUT2D eigenvalue weighted by Gasteiger charge is 2.26. The molecule has 1 aromatic carbocycles. The van der Waals surface area contributed by atoms with Crippen LogP contribution < -0.4 is 10.6 Å². The number of anilines is 1. The number of benzene rings is 1. The number of thiazole rings is 1. The summed E-state index contributed by atoms with van der Waals surface area (Å²) in [4.78, 5) is 12.8. The average Bonchev–Trinajstić information content (AvgIpc) is 3.34. The van der Waals surface area contributed by atoms with E-state index < -0.39 is 6.17 Å². The molecule has 2 aliphatic heterocycles. The summed E-state index contributed by atoms with van der Waals surface area (Å²) in [7, 11) is 1.56. The number of hydrogen-bond donors (Lipinski definition) is 2. The molecule has 2 N–H and O–H groups in total. The van der Waals surface area contributed by atoms with Crippen molar-refractivity contribution >= 4 is 34.4 Å². The van der Waals surface area contributed by atoms with Crippen LogP contribution in [0.5, 0.6) is 0 Å². The number of aromatic nitrogens is 1. The van der Waals surface area contributed by atoms with Gasteiger partial charge in [0.1, 0.15) is 11.0 Å². The van der Waals surface area contributed by atoms with E-state index in [0.29, 0.717) is 22.1 Å². The molecule has 0 amide bonds. The van der Waals surface area contributed by atoms with Crippen molar-refractivity contribution in [1.82, 2.24) is 15.2 Å². The molecule has 1 fully saturated rings. The van der Waals surface area contributed by atoms with Gasteiger partial charge in [0.05, 0.1) is 19.1 Å². The Bertz CT molecular complexity index is 1010. The lowest BCUT2D eigenvalue weighted by molar-refractivity contribution is 0.263. The van der Waals surface area contributed by atoms with Crippen LogP contribution in [-0.4, -0.2) is 42.1 Å². The Kier molecular flexibility index (Phi) is 6.79. The van der Waals surface area contributed by atoms with Crippen LogP contribution in [0.15, 0.2) is 34.1 Å². The number of hydrogen-bond acceptors (Lipinski definition) is 7. The Labute approximate surface area is 191 Å². The molecule has 4 rings (SSSR count). The zero-order chi connectivity index (χ0) is 22.0. The normalized spacial score (nSPS) is 21.5. The van der Waals surface area contributed by atoms with E-state index in [4.69, 9.17) is 21.3 Å². The molecule has 166 valence electrons. The van der Waals surface area contributed by atoms with Crippen LogP contribution in [0.3, 0.4) is 0 Å². The van der Waals surface area contributed by atoms with Crippen LogP contribution in [0.25, 0.3) is 11.3 Å². The van der Waals surface area contributed by atoms with Crippen LogP contribution in [0.1, 0.15) is 37.1 Å². The third-order valence-corrected chi connectivity index (χ3v) is 7.00. The molecule has 1 unspecified atom stereocenters. The molecule has 0 aliphatic carbocycles. The summed E-state index contributed by atoms with van der Waals surface area (Å²) in [6.07, 6.45) is 4.22. The fourth-order valence-electron chi connectivity index (χ4n) is 4.00. The van der Waals surface area contributed by atoms with Crippen molar-refractivity contribution < 1.29 is 9.13 Å². The van der Waals surface area contributed by atoms with Gasteiger partial charge in [-0.1, -0.05) is 18.5 Å². The number of ether oxygens (including phenoxy) is 1. The molecule has 1 aromatic heterocycles. The Morgan fingerprint density at radius 2 is 2.23 bits per heavy atom. The van der Waals surface area contributed by atoms with Crippen LogP contribution in [0, 0.1) is 5.82 Å². The Morgan fingerprint density at radius 3 is 2.94 bits per heavy atom. The standard InChI is InChI=1S/C22H27ClFN5OS/c1-4-14-8-15(10-16(24)9-14)18-17(11-29-7-5-6-13(29)2)31-22(27-18)28-21-19(30-3)20(23)25-12-26-21/h8-10,12-13,21H,4-7,11H2,1-3H3,(H,25,26)(H,27,28)/t13-,21?/m1/s1. The second-order valence-corrected chi connectivity index (χ2v) is 9.27. The number of aliphatic imine (C=N–C) groups is 1.